The van der Waals surface area contributed by atoms with Crippen molar-refractivity contribution in [3.05, 3.63) is 47.8 Å². The summed E-state index contributed by atoms with van der Waals surface area (Å²) < 4.78 is 6.14. The molecule has 1 aromatic heterocycles. The lowest BCUT2D eigenvalue weighted by Gasteiger charge is -2.20. The Morgan fingerprint density at radius 1 is 1.16 bits per heavy atom. The van der Waals surface area contributed by atoms with Gasteiger partial charge in [0.05, 0.1) is 12.8 Å². The summed E-state index contributed by atoms with van der Waals surface area (Å²) in [6, 6.07) is 10.6. The van der Waals surface area contributed by atoms with Gasteiger partial charge in [0.15, 0.2) is 5.69 Å². The van der Waals surface area contributed by atoms with Crippen LogP contribution >= 0.6 is 0 Å². The molecule has 25 heavy (non-hydrogen) atoms. The molecule has 0 saturated carbocycles. The molecular weight excluding hydrogens is 320 g/mol. The van der Waals surface area contributed by atoms with Crippen LogP contribution in [-0.2, 0) is 4.74 Å². The highest BCUT2D eigenvalue weighted by Crippen LogP contribution is 2.13. The number of para-hydroxylation sites is 1. The first-order valence-electron chi connectivity index (χ1n) is 8.09. The third kappa shape index (κ3) is 5.15. The fourth-order valence-electron chi connectivity index (χ4n) is 2.22. The van der Waals surface area contributed by atoms with Gasteiger partial charge in [-0.1, -0.05) is 18.2 Å². The van der Waals surface area contributed by atoms with Gasteiger partial charge in [0.1, 0.15) is 5.69 Å². The Hall–Kier alpha value is -2.67. The van der Waals surface area contributed by atoms with E-state index in [1.54, 1.807) is 0 Å². The lowest BCUT2D eigenvalue weighted by atomic mass is 10.1. The number of hydrogen-bond acceptors (Lipinski definition) is 5. The van der Waals surface area contributed by atoms with E-state index in [1.165, 1.54) is 17.9 Å². The van der Waals surface area contributed by atoms with Gasteiger partial charge < -0.3 is 15.4 Å². The van der Waals surface area contributed by atoms with Gasteiger partial charge >= 0.3 is 5.97 Å². The first-order chi connectivity index (χ1) is 11.8. The van der Waals surface area contributed by atoms with Gasteiger partial charge in [-0.05, 0) is 32.9 Å². The van der Waals surface area contributed by atoms with Crippen molar-refractivity contribution in [2.24, 2.45) is 0 Å². The molecule has 1 amide bonds. The van der Waals surface area contributed by atoms with E-state index in [0.717, 1.165) is 0 Å². The maximum atomic E-state index is 12.5. The van der Waals surface area contributed by atoms with Crippen molar-refractivity contribution in [3.63, 3.8) is 0 Å². The molecule has 2 N–H and O–H groups in total. The number of amides is 1. The second-order valence-corrected chi connectivity index (χ2v) is 6.59. The zero-order valence-corrected chi connectivity index (χ0v) is 15.0. The summed E-state index contributed by atoms with van der Waals surface area (Å²) in [6.07, 6.45) is 0. The fraction of sp³-hybridized carbons (Fsp3) is 0.389. The highest BCUT2D eigenvalue weighted by molar-refractivity contribution is 5.96. The Labute approximate surface area is 147 Å². The third-order valence-electron chi connectivity index (χ3n) is 3.40. The molecule has 7 nitrogen and oxygen atoms in total. The Bertz CT molecular complexity index is 733. The molecule has 0 bridgehead atoms. The summed E-state index contributed by atoms with van der Waals surface area (Å²) in [7, 11) is 1.28. The van der Waals surface area contributed by atoms with E-state index in [9.17, 15) is 9.59 Å². The number of carbonyl (C=O) groups is 2. The summed E-state index contributed by atoms with van der Waals surface area (Å²) in [6.45, 7) is 7.27. The molecule has 0 aliphatic rings. The lowest BCUT2D eigenvalue weighted by molar-refractivity contribution is 0.0593. The van der Waals surface area contributed by atoms with Crippen LogP contribution in [0.15, 0.2) is 36.4 Å². The van der Waals surface area contributed by atoms with Crippen molar-refractivity contribution in [3.8, 4) is 5.69 Å². The largest absolute Gasteiger partial charge is 0.464 e. The van der Waals surface area contributed by atoms with Gasteiger partial charge in [-0.25, -0.2) is 9.48 Å². The molecule has 0 unspecified atom stereocenters. The monoisotopic (exact) mass is 344 g/mol. The molecule has 2 rings (SSSR count). The second kappa shape index (κ2) is 7.94. The standard InChI is InChI=1S/C18H24N4O3/c1-18(2,3)20-11-10-19-16(23)15-12-14(17(24)25-4)21-22(15)13-8-6-5-7-9-13/h5-9,12,20H,10-11H2,1-4H3,(H,19,23). The van der Waals surface area contributed by atoms with Crippen LogP contribution in [0, 0.1) is 0 Å². The molecule has 0 aliphatic heterocycles. The van der Waals surface area contributed by atoms with Crippen molar-refractivity contribution < 1.29 is 14.3 Å². The van der Waals surface area contributed by atoms with Crippen LogP contribution < -0.4 is 10.6 Å². The summed E-state index contributed by atoms with van der Waals surface area (Å²) in [5, 5.41) is 10.3. The molecule has 1 aromatic carbocycles. The van der Waals surface area contributed by atoms with E-state index >= 15 is 0 Å². The third-order valence-corrected chi connectivity index (χ3v) is 3.40. The molecule has 0 saturated heterocycles. The van der Waals surface area contributed by atoms with Crippen LogP contribution in [0.2, 0.25) is 0 Å². The van der Waals surface area contributed by atoms with E-state index in [4.69, 9.17) is 4.74 Å². The first kappa shape index (κ1) is 18.7. The molecule has 7 heteroatoms. The van der Waals surface area contributed by atoms with Crippen molar-refractivity contribution in [1.29, 1.82) is 0 Å². The molecule has 2 aromatic rings. The Morgan fingerprint density at radius 3 is 2.44 bits per heavy atom. The van der Waals surface area contributed by atoms with Crippen LogP contribution in [0.5, 0.6) is 0 Å². The number of nitrogens with one attached hydrogen (secondary N) is 2. The predicted molar refractivity (Wildman–Crippen MR) is 95.0 cm³/mol. The normalized spacial score (nSPS) is 11.2. The number of ether oxygens (including phenoxy) is 1. The van der Waals surface area contributed by atoms with Crippen molar-refractivity contribution >= 4 is 11.9 Å². The average molecular weight is 344 g/mol. The minimum absolute atomic E-state index is 0.0193. The van der Waals surface area contributed by atoms with Crippen LogP contribution in [0.4, 0.5) is 0 Å². The van der Waals surface area contributed by atoms with Gasteiger partial charge in [-0.2, -0.15) is 5.10 Å². The number of carbonyl (C=O) groups excluding carboxylic acids is 2. The number of benzene rings is 1. The number of hydrogen-bond donors (Lipinski definition) is 2. The smallest absolute Gasteiger partial charge is 0.358 e. The van der Waals surface area contributed by atoms with Gasteiger partial charge in [0, 0.05) is 24.7 Å². The van der Waals surface area contributed by atoms with Crippen LogP contribution in [0.3, 0.4) is 0 Å². The summed E-state index contributed by atoms with van der Waals surface area (Å²) in [5.74, 6) is -0.889. The molecule has 1 heterocycles. The Balaban J connectivity index is 2.19. The highest BCUT2D eigenvalue weighted by atomic mass is 16.5. The van der Waals surface area contributed by atoms with Gasteiger partial charge in [-0.15, -0.1) is 0 Å². The number of methoxy groups -OCH3 is 1. The minimum Gasteiger partial charge on any atom is -0.464 e. The molecule has 134 valence electrons. The average Bonchev–Trinajstić information content (AvgIpc) is 3.03. The van der Waals surface area contributed by atoms with E-state index < -0.39 is 5.97 Å². The zero-order chi connectivity index (χ0) is 18.4. The molecule has 0 aliphatic carbocycles. The van der Waals surface area contributed by atoms with E-state index in [-0.39, 0.29) is 22.8 Å². The number of rotatable bonds is 6. The molecule has 0 atom stereocenters. The topological polar surface area (TPSA) is 85.3 Å². The SMILES string of the molecule is COC(=O)c1cc(C(=O)NCCNC(C)(C)C)n(-c2ccccc2)n1. The number of aromatic nitrogens is 2. The minimum atomic E-state index is -0.585. The zero-order valence-electron chi connectivity index (χ0n) is 15.0. The molecule has 0 radical (unpaired) electrons. The van der Waals surface area contributed by atoms with Crippen LogP contribution in [0.1, 0.15) is 41.7 Å². The predicted octanol–water partition coefficient (Wildman–Crippen LogP) is 1.78. The Morgan fingerprint density at radius 2 is 1.84 bits per heavy atom. The summed E-state index contributed by atoms with van der Waals surface area (Å²) >= 11 is 0. The number of esters is 1. The summed E-state index contributed by atoms with van der Waals surface area (Å²) in [4.78, 5) is 24.3. The van der Waals surface area contributed by atoms with E-state index in [1.807, 2.05) is 30.3 Å². The maximum Gasteiger partial charge on any atom is 0.358 e. The van der Waals surface area contributed by atoms with Crippen molar-refractivity contribution in [1.82, 2.24) is 20.4 Å². The van der Waals surface area contributed by atoms with Crippen molar-refractivity contribution in [2.75, 3.05) is 20.2 Å². The number of nitrogens with zero attached hydrogens (tertiary/aromatic N) is 2. The second-order valence-electron chi connectivity index (χ2n) is 6.59. The maximum absolute atomic E-state index is 12.5. The van der Waals surface area contributed by atoms with Crippen molar-refractivity contribution in [2.45, 2.75) is 26.3 Å². The van der Waals surface area contributed by atoms with Gasteiger partial charge in [0.25, 0.3) is 5.91 Å². The van der Waals surface area contributed by atoms with E-state index in [2.05, 4.69) is 36.5 Å². The first-order valence-corrected chi connectivity index (χ1v) is 8.09. The summed E-state index contributed by atoms with van der Waals surface area (Å²) in [5.41, 5.74) is 1.04. The Kier molecular flexibility index (Phi) is 5.93. The quantitative estimate of drug-likeness (QED) is 0.616. The lowest BCUT2D eigenvalue weighted by Crippen LogP contribution is -2.41. The van der Waals surface area contributed by atoms with E-state index in [0.29, 0.717) is 18.8 Å². The fourth-order valence-corrected chi connectivity index (χ4v) is 2.22. The van der Waals surface area contributed by atoms with Gasteiger partial charge in [-0.3, -0.25) is 4.79 Å². The highest BCUT2D eigenvalue weighted by Gasteiger charge is 2.20. The van der Waals surface area contributed by atoms with Crippen LogP contribution in [0.25, 0.3) is 5.69 Å². The molecular formula is C18H24N4O3. The van der Waals surface area contributed by atoms with Gasteiger partial charge in [0.2, 0.25) is 0 Å². The van der Waals surface area contributed by atoms with Crippen LogP contribution in [-0.4, -0.2) is 47.4 Å². The molecule has 0 fully saturated rings. The molecule has 0 spiro atoms.